The van der Waals surface area contributed by atoms with Crippen LogP contribution in [-0.4, -0.2) is 16.1 Å². The standard InChI is InChI=1S/C14H16N2O2/c1-3-12-8-13(16(2)15-12)10-18-14-7-5-4-6-11(14)9-17/h4-9H,3,10H2,1-2H3. The SMILES string of the molecule is CCc1cc(COc2ccccc2C=O)n(C)n1. The Labute approximate surface area is 106 Å². The van der Waals surface area contributed by atoms with Crippen molar-refractivity contribution >= 4 is 6.29 Å². The van der Waals surface area contributed by atoms with Crippen molar-refractivity contribution in [1.82, 2.24) is 9.78 Å². The van der Waals surface area contributed by atoms with E-state index in [1.807, 2.05) is 29.9 Å². The van der Waals surface area contributed by atoms with Crippen LogP contribution < -0.4 is 4.74 Å². The first-order chi connectivity index (χ1) is 8.74. The molecule has 18 heavy (non-hydrogen) atoms. The van der Waals surface area contributed by atoms with Crippen molar-refractivity contribution in [2.24, 2.45) is 7.05 Å². The third-order valence-corrected chi connectivity index (χ3v) is 2.81. The largest absolute Gasteiger partial charge is 0.487 e. The highest BCUT2D eigenvalue weighted by molar-refractivity contribution is 5.79. The molecule has 0 saturated carbocycles. The summed E-state index contributed by atoms with van der Waals surface area (Å²) >= 11 is 0. The van der Waals surface area contributed by atoms with E-state index in [0.717, 1.165) is 24.1 Å². The Kier molecular flexibility index (Phi) is 3.77. The topological polar surface area (TPSA) is 44.1 Å². The number of aldehydes is 1. The number of benzene rings is 1. The highest BCUT2D eigenvalue weighted by Crippen LogP contribution is 2.17. The Morgan fingerprint density at radius 1 is 1.39 bits per heavy atom. The monoisotopic (exact) mass is 244 g/mol. The minimum Gasteiger partial charge on any atom is -0.487 e. The summed E-state index contributed by atoms with van der Waals surface area (Å²) in [5.74, 6) is 0.603. The molecule has 0 aliphatic heterocycles. The normalized spacial score (nSPS) is 10.3. The number of hydrogen-bond acceptors (Lipinski definition) is 3. The first kappa shape index (κ1) is 12.4. The van der Waals surface area contributed by atoms with Gasteiger partial charge in [0.25, 0.3) is 0 Å². The quantitative estimate of drug-likeness (QED) is 0.758. The lowest BCUT2D eigenvalue weighted by Gasteiger charge is -2.07. The molecule has 2 rings (SSSR count). The van der Waals surface area contributed by atoms with Crippen LogP contribution in [0.5, 0.6) is 5.75 Å². The van der Waals surface area contributed by atoms with Gasteiger partial charge in [-0.25, -0.2) is 0 Å². The molecular formula is C14H16N2O2. The summed E-state index contributed by atoms with van der Waals surface area (Å²) in [5.41, 5.74) is 2.60. The molecule has 2 aromatic rings. The molecule has 0 atom stereocenters. The lowest BCUT2D eigenvalue weighted by atomic mass is 10.2. The molecule has 0 N–H and O–H groups in total. The first-order valence-electron chi connectivity index (χ1n) is 5.93. The van der Waals surface area contributed by atoms with Gasteiger partial charge in [0.2, 0.25) is 0 Å². The van der Waals surface area contributed by atoms with Crippen molar-refractivity contribution in [3.8, 4) is 5.75 Å². The van der Waals surface area contributed by atoms with Gasteiger partial charge in [-0.1, -0.05) is 19.1 Å². The molecule has 1 aromatic heterocycles. The van der Waals surface area contributed by atoms with Crippen LogP contribution in [0.15, 0.2) is 30.3 Å². The zero-order chi connectivity index (χ0) is 13.0. The van der Waals surface area contributed by atoms with E-state index in [2.05, 4.69) is 12.0 Å². The van der Waals surface area contributed by atoms with E-state index in [0.29, 0.717) is 17.9 Å². The summed E-state index contributed by atoms with van der Waals surface area (Å²) in [5, 5.41) is 4.35. The summed E-state index contributed by atoms with van der Waals surface area (Å²) in [6.07, 6.45) is 1.70. The van der Waals surface area contributed by atoms with Gasteiger partial charge in [0.05, 0.1) is 17.0 Å². The number of para-hydroxylation sites is 1. The zero-order valence-electron chi connectivity index (χ0n) is 10.6. The predicted octanol–water partition coefficient (Wildman–Crippen LogP) is 2.37. The molecule has 0 amide bonds. The molecule has 94 valence electrons. The molecule has 0 spiro atoms. The van der Waals surface area contributed by atoms with Gasteiger partial charge in [0.1, 0.15) is 12.4 Å². The molecule has 0 aliphatic rings. The van der Waals surface area contributed by atoms with Crippen molar-refractivity contribution in [3.05, 3.63) is 47.3 Å². The van der Waals surface area contributed by atoms with Gasteiger partial charge in [0.15, 0.2) is 6.29 Å². The molecule has 0 radical (unpaired) electrons. The second-order valence-electron chi connectivity index (χ2n) is 4.05. The number of nitrogens with zero attached hydrogens (tertiary/aromatic N) is 2. The fourth-order valence-electron chi connectivity index (χ4n) is 1.74. The zero-order valence-corrected chi connectivity index (χ0v) is 10.6. The first-order valence-corrected chi connectivity index (χ1v) is 5.93. The van der Waals surface area contributed by atoms with Crippen molar-refractivity contribution in [1.29, 1.82) is 0 Å². The maximum atomic E-state index is 10.9. The van der Waals surface area contributed by atoms with Crippen molar-refractivity contribution in [2.75, 3.05) is 0 Å². The van der Waals surface area contributed by atoms with Gasteiger partial charge in [-0.3, -0.25) is 9.48 Å². The fourth-order valence-corrected chi connectivity index (χ4v) is 1.74. The van der Waals surface area contributed by atoms with Crippen LogP contribution in [0.25, 0.3) is 0 Å². The van der Waals surface area contributed by atoms with Gasteiger partial charge in [0, 0.05) is 7.05 Å². The molecule has 0 bridgehead atoms. The predicted molar refractivity (Wildman–Crippen MR) is 68.7 cm³/mol. The molecular weight excluding hydrogens is 228 g/mol. The Morgan fingerprint density at radius 3 is 2.83 bits per heavy atom. The van der Waals surface area contributed by atoms with Crippen LogP contribution >= 0.6 is 0 Å². The Hall–Kier alpha value is -2.10. The summed E-state index contributed by atoms with van der Waals surface area (Å²) in [6, 6.07) is 9.21. The number of hydrogen-bond donors (Lipinski definition) is 0. The van der Waals surface area contributed by atoms with Crippen molar-refractivity contribution in [2.45, 2.75) is 20.0 Å². The highest BCUT2D eigenvalue weighted by atomic mass is 16.5. The maximum absolute atomic E-state index is 10.9. The Morgan fingerprint density at radius 2 is 2.17 bits per heavy atom. The van der Waals surface area contributed by atoms with Crippen LogP contribution in [0.4, 0.5) is 0 Å². The molecule has 4 heteroatoms. The average Bonchev–Trinajstić information content (AvgIpc) is 2.77. The van der Waals surface area contributed by atoms with Crippen molar-refractivity contribution in [3.63, 3.8) is 0 Å². The Bertz CT molecular complexity index is 546. The number of aromatic nitrogens is 2. The van der Waals surface area contributed by atoms with E-state index in [4.69, 9.17) is 4.74 Å². The summed E-state index contributed by atoms with van der Waals surface area (Å²) in [6.45, 7) is 2.48. The fraction of sp³-hybridized carbons (Fsp3) is 0.286. The third kappa shape index (κ3) is 2.59. The summed E-state index contributed by atoms with van der Waals surface area (Å²) in [4.78, 5) is 10.9. The minimum atomic E-state index is 0.411. The van der Waals surface area contributed by atoms with E-state index in [9.17, 15) is 4.79 Å². The maximum Gasteiger partial charge on any atom is 0.153 e. The molecule has 1 heterocycles. The van der Waals surface area contributed by atoms with E-state index < -0.39 is 0 Å². The summed E-state index contributed by atoms with van der Waals surface area (Å²) in [7, 11) is 1.89. The molecule has 0 fully saturated rings. The lowest BCUT2D eigenvalue weighted by Crippen LogP contribution is -2.04. The van der Waals surface area contributed by atoms with E-state index in [1.165, 1.54) is 0 Å². The molecule has 1 aromatic carbocycles. The smallest absolute Gasteiger partial charge is 0.153 e. The summed E-state index contributed by atoms with van der Waals surface area (Å²) < 4.78 is 7.47. The molecule has 4 nitrogen and oxygen atoms in total. The van der Waals surface area contributed by atoms with Crippen LogP contribution in [-0.2, 0) is 20.1 Å². The van der Waals surface area contributed by atoms with Crippen LogP contribution in [0.2, 0.25) is 0 Å². The van der Waals surface area contributed by atoms with Gasteiger partial charge in [-0.2, -0.15) is 5.10 Å². The van der Waals surface area contributed by atoms with Gasteiger partial charge in [-0.15, -0.1) is 0 Å². The van der Waals surface area contributed by atoms with E-state index >= 15 is 0 Å². The van der Waals surface area contributed by atoms with Crippen LogP contribution in [0.3, 0.4) is 0 Å². The highest BCUT2D eigenvalue weighted by Gasteiger charge is 2.06. The number of carbonyl (C=O) groups is 1. The number of ether oxygens (including phenoxy) is 1. The molecule has 0 saturated heterocycles. The number of carbonyl (C=O) groups excluding carboxylic acids is 1. The van der Waals surface area contributed by atoms with E-state index in [1.54, 1.807) is 12.1 Å². The van der Waals surface area contributed by atoms with Gasteiger partial charge in [-0.05, 0) is 24.6 Å². The molecule has 0 unspecified atom stereocenters. The lowest BCUT2D eigenvalue weighted by molar-refractivity contribution is 0.111. The van der Waals surface area contributed by atoms with E-state index in [-0.39, 0.29) is 0 Å². The van der Waals surface area contributed by atoms with Crippen LogP contribution in [0.1, 0.15) is 28.7 Å². The average molecular weight is 244 g/mol. The van der Waals surface area contributed by atoms with Gasteiger partial charge >= 0.3 is 0 Å². The van der Waals surface area contributed by atoms with Crippen LogP contribution in [0, 0.1) is 0 Å². The van der Waals surface area contributed by atoms with Crippen molar-refractivity contribution < 1.29 is 9.53 Å². The van der Waals surface area contributed by atoms with Gasteiger partial charge < -0.3 is 4.74 Å². The molecule has 0 aliphatic carbocycles. The second-order valence-corrected chi connectivity index (χ2v) is 4.05. The number of rotatable bonds is 5. The second kappa shape index (κ2) is 5.49. The number of aryl methyl sites for hydroxylation is 2. The minimum absolute atomic E-state index is 0.411. The third-order valence-electron chi connectivity index (χ3n) is 2.81. The Balaban J connectivity index is 2.11.